The Bertz CT molecular complexity index is 1400. The predicted molar refractivity (Wildman–Crippen MR) is 140 cm³/mol. The quantitative estimate of drug-likeness (QED) is 0.472. The van der Waals surface area contributed by atoms with E-state index in [1.54, 1.807) is 11.0 Å². The highest BCUT2D eigenvalue weighted by atomic mass is 19.1. The van der Waals surface area contributed by atoms with Crippen molar-refractivity contribution in [1.29, 1.82) is 0 Å². The lowest BCUT2D eigenvalue weighted by Crippen LogP contribution is -2.54. The summed E-state index contributed by atoms with van der Waals surface area (Å²) in [5.41, 5.74) is 9.42. The number of piperazine rings is 1. The number of benzene rings is 2. The first-order chi connectivity index (χ1) is 18.4. The number of aromatic hydroxyl groups is 1. The Hall–Kier alpha value is -4.25. The molecule has 10 nitrogen and oxygen atoms in total. The zero-order valence-electron chi connectivity index (χ0n) is 20.7. The van der Waals surface area contributed by atoms with Crippen LogP contribution >= 0.6 is 0 Å². The van der Waals surface area contributed by atoms with Crippen molar-refractivity contribution in [3.05, 3.63) is 59.9 Å². The Labute approximate surface area is 218 Å². The summed E-state index contributed by atoms with van der Waals surface area (Å²) in [4.78, 5) is 30.5. The van der Waals surface area contributed by atoms with Gasteiger partial charge in [0.25, 0.3) is 0 Å². The van der Waals surface area contributed by atoms with Gasteiger partial charge in [0, 0.05) is 55.9 Å². The van der Waals surface area contributed by atoms with E-state index >= 15 is 0 Å². The molecule has 3 aliphatic rings. The van der Waals surface area contributed by atoms with E-state index in [0.29, 0.717) is 24.5 Å². The van der Waals surface area contributed by atoms with Crippen molar-refractivity contribution < 1.29 is 19.1 Å². The number of carbonyl (C=O) groups is 2. The molecule has 0 saturated carbocycles. The number of anilines is 3. The summed E-state index contributed by atoms with van der Waals surface area (Å²) in [5.74, 6) is -0.516. The molecule has 3 saturated heterocycles. The fraction of sp³-hybridized carbons (Fsp3) is 0.333. The molecule has 38 heavy (non-hydrogen) atoms. The van der Waals surface area contributed by atoms with E-state index in [1.165, 1.54) is 18.2 Å². The minimum atomic E-state index is -0.474. The lowest BCUT2D eigenvalue weighted by molar-refractivity contribution is -0.120. The summed E-state index contributed by atoms with van der Waals surface area (Å²) >= 11 is 0. The Kier molecular flexibility index (Phi) is 6.07. The predicted octanol–water partition coefficient (Wildman–Crippen LogP) is 2.87. The number of phenols is 1. The Morgan fingerprint density at radius 1 is 1.03 bits per heavy atom. The fourth-order valence-electron chi connectivity index (χ4n) is 5.83. The Balaban J connectivity index is 1.23. The van der Waals surface area contributed by atoms with E-state index in [2.05, 4.69) is 25.3 Å². The molecule has 4 N–H and O–H groups in total. The second kappa shape index (κ2) is 9.56. The maximum Gasteiger partial charge on any atom is 0.328 e. The highest BCUT2D eigenvalue weighted by molar-refractivity contribution is 6.05. The van der Waals surface area contributed by atoms with Crippen molar-refractivity contribution in [2.75, 3.05) is 35.2 Å². The molecule has 196 valence electrons. The monoisotopic (exact) mass is 517 g/mol. The van der Waals surface area contributed by atoms with Crippen molar-refractivity contribution in [3.63, 3.8) is 0 Å². The van der Waals surface area contributed by atoms with Gasteiger partial charge >= 0.3 is 6.03 Å². The maximum absolute atomic E-state index is 13.8. The molecule has 4 heterocycles. The zero-order valence-corrected chi connectivity index (χ0v) is 20.7. The molecule has 2 bridgehead atoms. The lowest BCUT2D eigenvalue weighted by Gasteiger charge is -2.42. The minimum absolute atomic E-state index is 0.0771. The van der Waals surface area contributed by atoms with Crippen LogP contribution in [0.4, 0.5) is 26.4 Å². The van der Waals surface area contributed by atoms with Gasteiger partial charge in [0.05, 0.1) is 11.4 Å². The number of imide groups is 1. The summed E-state index contributed by atoms with van der Waals surface area (Å²) in [6, 6.07) is 13.5. The number of halogens is 1. The number of para-hydroxylation sites is 1. The number of phenolic OH excluding ortho intramolecular Hbond substituents is 1. The van der Waals surface area contributed by atoms with Crippen LogP contribution < -0.4 is 20.9 Å². The van der Waals surface area contributed by atoms with Crippen LogP contribution in [0.25, 0.3) is 11.3 Å². The zero-order chi connectivity index (χ0) is 26.4. The van der Waals surface area contributed by atoms with Crippen LogP contribution in [0.5, 0.6) is 5.75 Å². The highest BCUT2D eigenvalue weighted by Crippen LogP contribution is 2.38. The number of hydrogen-bond acceptors (Lipinski definition) is 8. The normalized spacial score (nSPS) is 21.6. The summed E-state index contributed by atoms with van der Waals surface area (Å²) in [6.45, 7) is 2.49. The van der Waals surface area contributed by atoms with Gasteiger partial charge in [0.1, 0.15) is 11.6 Å². The lowest BCUT2D eigenvalue weighted by atomic mass is 10.1. The third-order valence-electron chi connectivity index (χ3n) is 7.70. The third kappa shape index (κ3) is 4.38. The molecular formula is C27H28FN7O3. The fourth-order valence-corrected chi connectivity index (χ4v) is 5.83. The summed E-state index contributed by atoms with van der Waals surface area (Å²) in [6.07, 6.45) is 2.33. The number of nitrogen functional groups attached to an aromatic ring is 1. The number of nitrogens with one attached hydrogen (secondary N) is 1. The molecule has 0 radical (unpaired) electrons. The van der Waals surface area contributed by atoms with Gasteiger partial charge in [-0.25, -0.2) is 9.18 Å². The third-order valence-corrected chi connectivity index (χ3v) is 7.70. The number of hydrogen-bond donors (Lipinski definition) is 3. The topological polar surface area (TPSA) is 128 Å². The van der Waals surface area contributed by atoms with Crippen molar-refractivity contribution in [3.8, 4) is 17.0 Å². The first-order valence-corrected chi connectivity index (χ1v) is 12.7. The van der Waals surface area contributed by atoms with Crippen LogP contribution in [0, 0.1) is 5.82 Å². The molecule has 3 amide bonds. The summed E-state index contributed by atoms with van der Waals surface area (Å²) < 4.78 is 13.8. The van der Waals surface area contributed by atoms with Gasteiger partial charge in [-0.2, -0.15) is 0 Å². The molecule has 0 spiro atoms. The average molecular weight is 518 g/mol. The van der Waals surface area contributed by atoms with E-state index < -0.39 is 5.82 Å². The number of aromatic nitrogens is 2. The first kappa shape index (κ1) is 24.1. The highest BCUT2D eigenvalue weighted by Gasteiger charge is 2.41. The van der Waals surface area contributed by atoms with E-state index in [-0.39, 0.29) is 47.6 Å². The molecular weight excluding hydrogens is 489 g/mol. The van der Waals surface area contributed by atoms with Crippen molar-refractivity contribution >= 4 is 29.1 Å². The van der Waals surface area contributed by atoms with Gasteiger partial charge in [-0.1, -0.05) is 18.2 Å². The minimum Gasteiger partial charge on any atom is -0.507 e. The van der Waals surface area contributed by atoms with Gasteiger partial charge in [-0.05, 0) is 48.7 Å². The van der Waals surface area contributed by atoms with E-state index in [4.69, 9.17) is 5.73 Å². The standard InChI is InChI=1S/C27H28FN7O3/c28-17-5-8-24(36)20(11-17)21-12-23(26(29)32-31-21)33-14-18-6-7-19(15-33)35(18)13-16-3-1-2-4-22(16)34-10-9-25(37)30-27(34)38/h1-5,8,11-12,18-19,36H,6-7,9-10,13-15H2,(H2,29,32)(H,30,37,38). The number of nitrogens with zero attached hydrogens (tertiary/aromatic N) is 5. The molecule has 1 aromatic heterocycles. The molecule has 6 rings (SSSR count). The van der Waals surface area contributed by atoms with E-state index in [1.807, 2.05) is 24.3 Å². The van der Waals surface area contributed by atoms with Crippen molar-refractivity contribution in [2.45, 2.75) is 37.9 Å². The molecule has 11 heteroatoms. The van der Waals surface area contributed by atoms with Gasteiger partial charge in [0.2, 0.25) is 5.91 Å². The molecule has 2 aromatic carbocycles. The van der Waals surface area contributed by atoms with Crippen LogP contribution in [0.15, 0.2) is 48.5 Å². The van der Waals surface area contributed by atoms with Crippen LogP contribution in [0.3, 0.4) is 0 Å². The van der Waals surface area contributed by atoms with Crippen LogP contribution in [-0.2, 0) is 11.3 Å². The van der Waals surface area contributed by atoms with Crippen LogP contribution in [0.2, 0.25) is 0 Å². The Morgan fingerprint density at radius 2 is 1.79 bits per heavy atom. The maximum atomic E-state index is 13.8. The number of amides is 3. The summed E-state index contributed by atoms with van der Waals surface area (Å²) in [5, 5.41) is 20.9. The molecule has 2 unspecified atom stereocenters. The SMILES string of the molecule is Nc1nnc(-c2cc(F)ccc2O)cc1N1CC2CCC(C1)N2Cc1ccccc1N1CCC(=O)NC1=O. The first-order valence-electron chi connectivity index (χ1n) is 12.7. The largest absolute Gasteiger partial charge is 0.507 e. The Morgan fingerprint density at radius 3 is 2.55 bits per heavy atom. The second-order valence-corrected chi connectivity index (χ2v) is 10.0. The number of urea groups is 1. The van der Waals surface area contributed by atoms with E-state index in [9.17, 15) is 19.1 Å². The second-order valence-electron chi connectivity index (χ2n) is 10.0. The number of fused-ring (bicyclic) bond motifs is 2. The van der Waals surface area contributed by atoms with Gasteiger partial charge in [0.15, 0.2) is 5.82 Å². The van der Waals surface area contributed by atoms with Gasteiger partial charge in [-0.15, -0.1) is 10.2 Å². The molecule has 3 aromatic rings. The number of rotatable bonds is 5. The van der Waals surface area contributed by atoms with E-state index in [0.717, 1.165) is 37.2 Å². The summed E-state index contributed by atoms with van der Waals surface area (Å²) in [7, 11) is 0. The molecule has 3 fully saturated rings. The smallest absolute Gasteiger partial charge is 0.328 e. The van der Waals surface area contributed by atoms with Crippen LogP contribution in [0.1, 0.15) is 24.8 Å². The van der Waals surface area contributed by atoms with Gasteiger partial charge < -0.3 is 15.7 Å². The number of carbonyl (C=O) groups excluding carboxylic acids is 2. The molecule has 3 aliphatic heterocycles. The average Bonchev–Trinajstić information content (AvgIpc) is 3.12. The van der Waals surface area contributed by atoms with Gasteiger partial charge in [-0.3, -0.25) is 19.9 Å². The molecule has 0 aliphatic carbocycles. The van der Waals surface area contributed by atoms with Crippen molar-refractivity contribution in [1.82, 2.24) is 20.4 Å². The number of nitrogens with two attached hydrogens (primary N) is 1. The van der Waals surface area contributed by atoms with Crippen molar-refractivity contribution in [2.24, 2.45) is 0 Å². The molecule has 2 atom stereocenters. The van der Waals surface area contributed by atoms with Crippen LogP contribution in [-0.4, -0.2) is 63.9 Å².